The van der Waals surface area contributed by atoms with Crippen LogP contribution in [0.1, 0.15) is 43.0 Å². The maximum Gasteiger partial charge on any atom is 0.295 e. The molecule has 1 amide bonds. The van der Waals surface area contributed by atoms with E-state index in [0.717, 1.165) is 25.2 Å². The number of likely N-dealkylation sites (tertiary alicyclic amines) is 1. The van der Waals surface area contributed by atoms with Crippen LogP contribution in [-0.4, -0.2) is 93.9 Å². The molecule has 2 heterocycles. The summed E-state index contributed by atoms with van der Waals surface area (Å²) in [5, 5.41) is 11.6. The number of rotatable bonds is 12. The Morgan fingerprint density at radius 3 is 2.21 bits per heavy atom. The number of nitrogens with zero attached hydrogens (tertiary/aromatic N) is 2. The van der Waals surface area contributed by atoms with Gasteiger partial charge in [-0.25, -0.2) is 0 Å². The number of carbonyl (C=O) groups is 2. The Hall–Kier alpha value is -3.76. The molecule has 0 bridgehead atoms. The van der Waals surface area contributed by atoms with E-state index in [9.17, 15) is 14.7 Å². The molecule has 2 aromatic rings. The number of morpholine rings is 1. The fourth-order valence-corrected chi connectivity index (χ4v) is 5.38. The third-order valence-corrected chi connectivity index (χ3v) is 7.54. The second kappa shape index (κ2) is 13.9. The molecular weight excluding hydrogens is 540 g/mol. The summed E-state index contributed by atoms with van der Waals surface area (Å²) in [5.74, 6) is 0.560. The number of hydrogen-bond acceptors (Lipinski definition) is 9. The highest BCUT2D eigenvalue weighted by Crippen LogP contribution is 2.46. The minimum absolute atomic E-state index is 0.0101. The maximum absolute atomic E-state index is 13.6. The van der Waals surface area contributed by atoms with Crippen LogP contribution in [0.15, 0.2) is 35.9 Å². The van der Waals surface area contributed by atoms with E-state index in [1.54, 1.807) is 30.3 Å². The maximum atomic E-state index is 13.6. The van der Waals surface area contributed by atoms with Crippen molar-refractivity contribution in [1.82, 2.24) is 9.80 Å². The highest BCUT2D eigenvalue weighted by molar-refractivity contribution is 6.46. The van der Waals surface area contributed by atoms with Crippen molar-refractivity contribution in [3.8, 4) is 23.0 Å². The van der Waals surface area contributed by atoms with Crippen molar-refractivity contribution in [1.29, 1.82) is 0 Å². The van der Waals surface area contributed by atoms with Crippen molar-refractivity contribution in [3.05, 3.63) is 52.6 Å². The summed E-state index contributed by atoms with van der Waals surface area (Å²) in [7, 11) is 4.52. The fraction of sp³-hybridized carbons (Fsp3) is 0.500. The van der Waals surface area contributed by atoms with Crippen molar-refractivity contribution in [2.75, 3.05) is 67.3 Å². The van der Waals surface area contributed by atoms with Gasteiger partial charge >= 0.3 is 0 Å². The van der Waals surface area contributed by atoms with Crippen LogP contribution in [0.2, 0.25) is 0 Å². The molecule has 0 saturated carbocycles. The molecular formula is C32H42N2O8. The van der Waals surface area contributed by atoms with Crippen LogP contribution in [0.3, 0.4) is 0 Å². The molecule has 228 valence electrons. The SMILES string of the molecule is COc1cc([C@@H]2C(=C(O)c3ccc(OCC(C)C)c(C)c3)C(=O)C(=O)N2CCCN2CCOCC2)cc(OC)c1OC. The number of benzene rings is 2. The van der Waals surface area contributed by atoms with Crippen LogP contribution < -0.4 is 18.9 Å². The zero-order chi connectivity index (χ0) is 30.4. The molecule has 0 aliphatic carbocycles. The van der Waals surface area contributed by atoms with Crippen molar-refractivity contribution < 1.29 is 38.4 Å². The number of aliphatic hydroxyl groups excluding tert-OH is 1. The summed E-state index contributed by atoms with van der Waals surface area (Å²) in [6.45, 7) is 10.7. The Morgan fingerprint density at radius 1 is 0.976 bits per heavy atom. The third kappa shape index (κ3) is 6.65. The number of ketones is 1. The first kappa shape index (κ1) is 31.2. The standard InChI is InChI=1S/C32H42N2O8/c1-20(2)19-42-24-9-8-22(16-21(24)3)29(35)27-28(23-17-25(38-4)31(40-6)26(18-23)39-5)34(32(37)30(27)36)11-7-10-33-12-14-41-15-13-33/h8-9,16-18,20,28,35H,7,10-15,19H2,1-6H3/t28-/m1/s1. The van der Waals surface area contributed by atoms with Crippen LogP contribution in [0, 0.1) is 12.8 Å². The number of aryl methyl sites for hydroxylation is 1. The average Bonchev–Trinajstić information content (AvgIpc) is 3.24. The average molecular weight is 583 g/mol. The molecule has 2 aromatic carbocycles. The van der Waals surface area contributed by atoms with E-state index < -0.39 is 17.7 Å². The molecule has 0 aromatic heterocycles. The van der Waals surface area contributed by atoms with E-state index in [1.807, 2.05) is 6.92 Å². The van der Waals surface area contributed by atoms with E-state index in [-0.39, 0.29) is 11.3 Å². The van der Waals surface area contributed by atoms with Crippen LogP contribution in [0.5, 0.6) is 23.0 Å². The normalized spacial score (nSPS) is 18.9. The largest absolute Gasteiger partial charge is 0.507 e. The number of Topliss-reactive ketones (excluding diaryl/α,β-unsaturated/α-hetero) is 1. The quantitative estimate of drug-likeness (QED) is 0.224. The minimum atomic E-state index is -0.861. The first-order chi connectivity index (χ1) is 20.2. The molecule has 10 nitrogen and oxygen atoms in total. The number of carbonyl (C=O) groups excluding carboxylic acids is 2. The molecule has 0 unspecified atom stereocenters. The second-order valence-corrected chi connectivity index (χ2v) is 10.9. The summed E-state index contributed by atoms with van der Waals surface area (Å²) in [4.78, 5) is 30.9. The third-order valence-electron chi connectivity index (χ3n) is 7.54. The van der Waals surface area contributed by atoms with Gasteiger partial charge in [0.15, 0.2) is 11.5 Å². The molecule has 10 heteroatoms. The Labute approximate surface area is 247 Å². The molecule has 2 aliphatic rings. The highest BCUT2D eigenvalue weighted by atomic mass is 16.5. The first-order valence-electron chi connectivity index (χ1n) is 14.3. The van der Waals surface area contributed by atoms with Gasteiger partial charge < -0.3 is 33.7 Å². The molecule has 1 atom stereocenters. The van der Waals surface area contributed by atoms with Gasteiger partial charge in [-0.05, 0) is 60.7 Å². The topological polar surface area (TPSA) is 107 Å². The zero-order valence-electron chi connectivity index (χ0n) is 25.4. The number of ether oxygens (including phenoxy) is 5. The molecule has 1 N–H and O–H groups in total. The Morgan fingerprint density at radius 2 is 1.64 bits per heavy atom. The van der Waals surface area contributed by atoms with Gasteiger partial charge in [-0.1, -0.05) is 13.8 Å². The van der Waals surface area contributed by atoms with Gasteiger partial charge in [0.1, 0.15) is 11.5 Å². The summed E-state index contributed by atoms with van der Waals surface area (Å²) < 4.78 is 28.0. The molecule has 0 spiro atoms. The van der Waals surface area contributed by atoms with Crippen molar-refractivity contribution in [2.45, 2.75) is 33.2 Å². The monoisotopic (exact) mass is 582 g/mol. The number of methoxy groups -OCH3 is 3. The highest BCUT2D eigenvalue weighted by Gasteiger charge is 2.46. The van der Waals surface area contributed by atoms with Crippen LogP contribution in [0.25, 0.3) is 5.76 Å². The lowest BCUT2D eigenvalue weighted by Gasteiger charge is -2.29. The predicted molar refractivity (Wildman–Crippen MR) is 158 cm³/mol. The molecule has 2 saturated heterocycles. The van der Waals surface area contributed by atoms with Crippen LogP contribution in [0.4, 0.5) is 0 Å². The fourth-order valence-electron chi connectivity index (χ4n) is 5.38. The Balaban J connectivity index is 1.77. The first-order valence-corrected chi connectivity index (χ1v) is 14.3. The van der Waals surface area contributed by atoms with Gasteiger partial charge in [-0.3, -0.25) is 14.5 Å². The summed E-state index contributed by atoms with van der Waals surface area (Å²) in [6, 6.07) is 7.82. The number of aliphatic hydroxyl groups is 1. The van der Waals surface area contributed by atoms with Gasteiger partial charge in [0, 0.05) is 31.7 Å². The smallest absolute Gasteiger partial charge is 0.295 e. The van der Waals surface area contributed by atoms with Crippen LogP contribution in [-0.2, 0) is 14.3 Å². The van der Waals surface area contributed by atoms with E-state index in [2.05, 4.69) is 18.7 Å². The summed E-state index contributed by atoms with van der Waals surface area (Å²) >= 11 is 0. The molecule has 4 rings (SSSR count). The van der Waals surface area contributed by atoms with Crippen molar-refractivity contribution in [2.24, 2.45) is 5.92 Å². The van der Waals surface area contributed by atoms with Crippen molar-refractivity contribution >= 4 is 17.4 Å². The lowest BCUT2D eigenvalue weighted by atomic mass is 9.94. The van der Waals surface area contributed by atoms with E-state index in [4.69, 9.17) is 23.7 Å². The summed E-state index contributed by atoms with van der Waals surface area (Å²) in [5.41, 5.74) is 1.80. The van der Waals surface area contributed by atoms with Gasteiger partial charge in [0.2, 0.25) is 5.75 Å². The Kier molecular flexibility index (Phi) is 10.3. The molecule has 42 heavy (non-hydrogen) atoms. The second-order valence-electron chi connectivity index (χ2n) is 10.9. The lowest BCUT2D eigenvalue weighted by Crippen LogP contribution is -2.39. The van der Waals surface area contributed by atoms with Gasteiger partial charge in [0.25, 0.3) is 11.7 Å². The van der Waals surface area contributed by atoms with Gasteiger partial charge in [0.05, 0.1) is 52.8 Å². The van der Waals surface area contributed by atoms with E-state index >= 15 is 0 Å². The lowest BCUT2D eigenvalue weighted by molar-refractivity contribution is -0.140. The predicted octanol–water partition coefficient (Wildman–Crippen LogP) is 4.20. The zero-order valence-corrected chi connectivity index (χ0v) is 25.4. The molecule has 2 fully saturated rings. The summed E-state index contributed by atoms with van der Waals surface area (Å²) in [6.07, 6.45) is 0.648. The number of hydrogen-bond donors (Lipinski definition) is 1. The molecule has 2 aliphatic heterocycles. The van der Waals surface area contributed by atoms with Gasteiger partial charge in [-0.15, -0.1) is 0 Å². The van der Waals surface area contributed by atoms with Crippen LogP contribution >= 0.6 is 0 Å². The van der Waals surface area contributed by atoms with Gasteiger partial charge in [-0.2, -0.15) is 0 Å². The minimum Gasteiger partial charge on any atom is -0.507 e. The van der Waals surface area contributed by atoms with E-state index in [1.165, 1.54) is 26.2 Å². The molecule has 0 radical (unpaired) electrons. The van der Waals surface area contributed by atoms with Crippen molar-refractivity contribution in [3.63, 3.8) is 0 Å². The van der Waals surface area contributed by atoms with E-state index in [0.29, 0.717) is 72.8 Å². The number of amides is 1. The Bertz CT molecular complexity index is 1290.